The molecule has 0 fully saturated rings. The number of phosphoric acid groups is 1. The normalized spacial score (nSPS) is 16.8. The van der Waals surface area contributed by atoms with Crippen molar-refractivity contribution in [3.63, 3.8) is 0 Å². The van der Waals surface area contributed by atoms with Crippen molar-refractivity contribution in [2.45, 2.75) is 58.1 Å². The Balaban J connectivity index is 4.51. The zero-order chi connectivity index (χ0) is 22.3. The lowest BCUT2D eigenvalue weighted by atomic mass is 10.1. The van der Waals surface area contributed by atoms with Crippen LogP contribution in [0.15, 0.2) is 24.3 Å². The molecular formula is C20H40N2O6P+. The largest absolute Gasteiger partial charge is 0.472 e. The molecule has 0 aliphatic carbocycles. The fourth-order valence-electron chi connectivity index (χ4n) is 2.25. The molecule has 170 valence electrons. The van der Waals surface area contributed by atoms with Gasteiger partial charge in [-0.1, -0.05) is 44.1 Å². The van der Waals surface area contributed by atoms with E-state index in [2.05, 4.69) is 24.4 Å². The van der Waals surface area contributed by atoms with Gasteiger partial charge in [0.1, 0.15) is 13.2 Å². The van der Waals surface area contributed by atoms with Gasteiger partial charge in [-0.05, 0) is 19.3 Å². The highest BCUT2D eigenvalue weighted by Gasteiger charge is 2.27. The van der Waals surface area contributed by atoms with Crippen LogP contribution in [0.3, 0.4) is 0 Å². The molecule has 0 rings (SSSR count). The standard InChI is InChI=1S/C20H39N2O6P/c1-6-7-8-9-10-11-12-13-14-20(24)19(21-18(2)23)17-28-29(25,26)27-16-15-22(3,4)5/h9-10,13-14,19-20,24H,6-8,11-12,15-17H2,1-5H3,(H-,21,23,25,26)/p+1/b10-9+,14-13+. The van der Waals surface area contributed by atoms with Gasteiger partial charge in [0, 0.05) is 6.92 Å². The number of quaternary nitrogens is 1. The van der Waals surface area contributed by atoms with Crippen molar-refractivity contribution in [1.29, 1.82) is 0 Å². The third-order valence-corrected chi connectivity index (χ3v) is 4.94. The van der Waals surface area contributed by atoms with Crippen LogP contribution in [0.4, 0.5) is 0 Å². The number of carbonyl (C=O) groups excluding carboxylic acids is 1. The number of hydrogen-bond acceptors (Lipinski definition) is 5. The predicted octanol–water partition coefficient (Wildman–Crippen LogP) is 2.77. The van der Waals surface area contributed by atoms with Crippen molar-refractivity contribution in [2.75, 3.05) is 40.9 Å². The number of phosphoric ester groups is 1. The summed E-state index contributed by atoms with van der Waals surface area (Å²) in [5.74, 6) is -0.372. The number of likely N-dealkylation sites (N-methyl/N-ethyl adjacent to an activating group) is 1. The number of unbranched alkanes of at least 4 members (excludes halogenated alkanes) is 3. The van der Waals surface area contributed by atoms with Crippen molar-refractivity contribution in [2.24, 2.45) is 0 Å². The number of carbonyl (C=O) groups is 1. The molecule has 3 unspecified atom stereocenters. The van der Waals surface area contributed by atoms with Crippen LogP contribution in [0.2, 0.25) is 0 Å². The van der Waals surface area contributed by atoms with Gasteiger partial charge in [0.05, 0.1) is 39.9 Å². The number of nitrogens with one attached hydrogen (secondary N) is 1. The molecule has 29 heavy (non-hydrogen) atoms. The van der Waals surface area contributed by atoms with E-state index in [1.807, 2.05) is 27.2 Å². The lowest BCUT2D eigenvalue weighted by Crippen LogP contribution is -2.44. The number of amides is 1. The molecule has 0 radical (unpaired) electrons. The highest BCUT2D eigenvalue weighted by Crippen LogP contribution is 2.43. The molecule has 1 amide bonds. The average Bonchev–Trinajstić information content (AvgIpc) is 2.59. The molecule has 0 spiro atoms. The predicted molar refractivity (Wildman–Crippen MR) is 115 cm³/mol. The molecule has 3 atom stereocenters. The van der Waals surface area contributed by atoms with Gasteiger partial charge in [0.25, 0.3) is 0 Å². The summed E-state index contributed by atoms with van der Waals surface area (Å²) in [6, 6.07) is -0.855. The Morgan fingerprint density at radius 3 is 2.34 bits per heavy atom. The Morgan fingerprint density at radius 2 is 1.76 bits per heavy atom. The molecule has 0 heterocycles. The lowest BCUT2D eigenvalue weighted by molar-refractivity contribution is -0.870. The van der Waals surface area contributed by atoms with Crippen LogP contribution < -0.4 is 5.32 Å². The van der Waals surface area contributed by atoms with Gasteiger partial charge in [-0.3, -0.25) is 13.8 Å². The first kappa shape index (κ1) is 28.0. The summed E-state index contributed by atoms with van der Waals surface area (Å²) >= 11 is 0. The monoisotopic (exact) mass is 435 g/mol. The first-order valence-corrected chi connectivity index (χ1v) is 11.7. The highest BCUT2D eigenvalue weighted by atomic mass is 31.2. The van der Waals surface area contributed by atoms with Crippen LogP contribution in [0.25, 0.3) is 0 Å². The first-order valence-electron chi connectivity index (χ1n) is 10.2. The second-order valence-electron chi connectivity index (χ2n) is 8.03. The maximum absolute atomic E-state index is 12.0. The minimum absolute atomic E-state index is 0.0519. The highest BCUT2D eigenvalue weighted by molar-refractivity contribution is 7.47. The minimum Gasteiger partial charge on any atom is -0.387 e. The average molecular weight is 436 g/mol. The lowest BCUT2D eigenvalue weighted by Gasteiger charge is -2.25. The van der Waals surface area contributed by atoms with Gasteiger partial charge in [-0.15, -0.1) is 0 Å². The Morgan fingerprint density at radius 1 is 1.14 bits per heavy atom. The molecule has 0 aromatic rings. The fraction of sp³-hybridized carbons (Fsp3) is 0.750. The smallest absolute Gasteiger partial charge is 0.387 e. The zero-order valence-corrected chi connectivity index (χ0v) is 19.4. The molecule has 0 aliphatic heterocycles. The molecular weight excluding hydrogens is 395 g/mol. The number of aliphatic hydroxyl groups is 1. The second kappa shape index (κ2) is 14.9. The summed E-state index contributed by atoms with van der Waals surface area (Å²) in [7, 11) is 1.53. The Kier molecular flexibility index (Phi) is 14.4. The van der Waals surface area contributed by atoms with Crippen LogP contribution in [0.1, 0.15) is 46.0 Å². The summed E-state index contributed by atoms with van der Waals surface area (Å²) in [6.45, 7) is 3.69. The van der Waals surface area contributed by atoms with Gasteiger partial charge < -0.3 is 19.8 Å². The molecule has 9 heteroatoms. The van der Waals surface area contributed by atoms with Crippen molar-refractivity contribution in [3.8, 4) is 0 Å². The van der Waals surface area contributed by atoms with Gasteiger partial charge in [0.15, 0.2) is 0 Å². The van der Waals surface area contributed by atoms with Crippen LogP contribution in [0, 0.1) is 0 Å². The Labute approximate surface area is 175 Å². The third kappa shape index (κ3) is 17.5. The summed E-state index contributed by atoms with van der Waals surface area (Å²) in [6.07, 6.45) is 11.6. The van der Waals surface area contributed by atoms with E-state index in [1.54, 1.807) is 6.08 Å². The van der Waals surface area contributed by atoms with Crippen LogP contribution >= 0.6 is 7.82 Å². The number of aliphatic hydroxyl groups excluding tert-OH is 1. The molecule has 3 N–H and O–H groups in total. The molecule has 0 aliphatic rings. The maximum atomic E-state index is 12.0. The quantitative estimate of drug-likeness (QED) is 0.149. The summed E-state index contributed by atoms with van der Waals surface area (Å²) in [5, 5.41) is 12.8. The molecule has 0 saturated carbocycles. The van der Waals surface area contributed by atoms with E-state index in [4.69, 9.17) is 9.05 Å². The van der Waals surface area contributed by atoms with Crippen LogP contribution in [0.5, 0.6) is 0 Å². The first-order chi connectivity index (χ1) is 13.5. The van der Waals surface area contributed by atoms with E-state index in [9.17, 15) is 19.4 Å². The number of hydrogen-bond donors (Lipinski definition) is 3. The van der Waals surface area contributed by atoms with E-state index in [0.29, 0.717) is 11.0 Å². The van der Waals surface area contributed by atoms with Crippen molar-refractivity contribution < 1.29 is 32.9 Å². The van der Waals surface area contributed by atoms with Crippen molar-refractivity contribution >= 4 is 13.7 Å². The van der Waals surface area contributed by atoms with Crippen LogP contribution in [-0.2, 0) is 18.4 Å². The van der Waals surface area contributed by atoms with Gasteiger partial charge in [0.2, 0.25) is 5.91 Å². The van der Waals surface area contributed by atoms with E-state index >= 15 is 0 Å². The third-order valence-electron chi connectivity index (χ3n) is 3.96. The second-order valence-corrected chi connectivity index (χ2v) is 9.48. The van der Waals surface area contributed by atoms with Crippen molar-refractivity contribution in [3.05, 3.63) is 24.3 Å². The number of nitrogens with zero attached hydrogens (tertiary/aromatic N) is 1. The van der Waals surface area contributed by atoms with E-state index in [-0.39, 0.29) is 19.1 Å². The maximum Gasteiger partial charge on any atom is 0.472 e. The van der Waals surface area contributed by atoms with E-state index in [0.717, 1.165) is 19.3 Å². The Bertz CT molecular complexity index is 560. The van der Waals surface area contributed by atoms with E-state index in [1.165, 1.54) is 19.8 Å². The Hall–Kier alpha value is -1.02. The number of rotatable bonds is 16. The van der Waals surface area contributed by atoms with Crippen LogP contribution in [-0.4, -0.2) is 73.4 Å². The van der Waals surface area contributed by atoms with Crippen molar-refractivity contribution in [1.82, 2.24) is 5.32 Å². The summed E-state index contributed by atoms with van der Waals surface area (Å²) in [5.41, 5.74) is 0. The van der Waals surface area contributed by atoms with Gasteiger partial charge in [-0.25, -0.2) is 4.57 Å². The molecule has 0 aromatic carbocycles. The molecule has 0 saturated heterocycles. The molecule has 0 aromatic heterocycles. The molecule has 8 nitrogen and oxygen atoms in total. The number of allylic oxidation sites excluding steroid dienone is 3. The van der Waals surface area contributed by atoms with Gasteiger partial charge >= 0.3 is 7.82 Å². The van der Waals surface area contributed by atoms with Gasteiger partial charge in [-0.2, -0.15) is 0 Å². The summed E-state index contributed by atoms with van der Waals surface area (Å²) < 4.78 is 22.5. The topological polar surface area (TPSA) is 105 Å². The SMILES string of the molecule is CCCC/C=C/CC/C=C/C(O)C(COP(=O)(O)OCC[N+](C)(C)C)NC(C)=O. The summed E-state index contributed by atoms with van der Waals surface area (Å²) in [4.78, 5) is 21.2. The minimum atomic E-state index is -4.27. The molecule has 0 bridgehead atoms. The zero-order valence-electron chi connectivity index (χ0n) is 18.5. The fourth-order valence-corrected chi connectivity index (χ4v) is 2.98. The van der Waals surface area contributed by atoms with E-state index < -0.39 is 20.0 Å².